The molecule has 224 valence electrons. The van der Waals surface area contributed by atoms with Crippen molar-refractivity contribution in [3.05, 3.63) is 48.0 Å². The molecule has 1 heterocycles. The number of carboxylic acid groups (broad SMARTS) is 1. The Kier molecular flexibility index (Phi) is 13.2. The molecule has 2 aromatic rings. The van der Waals surface area contributed by atoms with Crippen molar-refractivity contribution < 1.29 is 34.2 Å². The fraction of sp³-hybridized carbons (Fsp3) is 0.462. The number of hydrogen-bond donors (Lipinski definition) is 9. The predicted octanol–water partition coefficient (Wildman–Crippen LogP) is -1.84. The summed E-state index contributed by atoms with van der Waals surface area (Å²) in [4.78, 5) is 69.2. The summed E-state index contributed by atoms with van der Waals surface area (Å²) in [5.74, 6) is -4.23. The predicted molar refractivity (Wildman–Crippen MR) is 147 cm³/mol. The van der Waals surface area contributed by atoms with E-state index in [2.05, 4.69) is 25.9 Å². The first kappa shape index (κ1) is 32.7. The molecule has 0 saturated heterocycles. The number of aromatic hydroxyl groups is 1. The monoisotopic (exact) mass is 574 g/mol. The molecule has 4 amide bonds. The summed E-state index contributed by atoms with van der Waals surface area (Å²) in [5.41, 5.74) is 17.9. The number of carboxylic acids is 1. The van der Waals surface area contributed by atoms with Crippen molar-refractivity contribution in [2.24, 2.45) is 17.2 Å². The largest absolute Gasteiger partial charge is 0.508 e. The third kappa shape index (κ3) is 11.6. The number of carbonyl (C=O) groups excluding carboxylic acids is 4. The zero-order valence-electron chi connectivity index (χ0n) is 22.5. The van der Waals surface area contributed by atoms with E-state index in [1.54, 1.807) is 12.1 Å². The van der Waals surface area contributed by atoms with Crippen LogP contribution < -0.4 is 33.2 Å². The number of primary amides is 1. The fourth-order valence-corrected chi connectivity index (χ4v) is 3.93. The van der Waals surface area contributed by atoms with Gasteiger partial charge in [0.25, 0.3) is 0 Å². The van der Waals surface area contributed by atoms with Crippen molar-refractivity contribution in [1.29, 1.82) is 0 Å². The maximum absolute atomic E-state index is 13.3. The van der Waals surface area contributed by atoms with Gasteiger partial charge in [-0.15, -0.1) is 0 Å². The van der Waals surface area contributed by atoms with E-state index >= 15 is 0 Å². The third-order valence-electron chi connectivity index (χ3n) is 6.21. The van der Waals surface area contributed by atoms with E-state index < -0.39 is 53.8 Å². The molecule has 0 aliphatic heterocycles. The van der Waals surface area contributed by atoms with Gasteiger partial charge in [0.05, 0.1) is 12.4 Å². The zero-order valence-corrected chi connectivity index (χ0v) is 22.5. The van der Waals surface area contributed by atoms with Crippen LogP contribution in [0.1, 0.15) is 43.4 Å². The quantitative estimate of drug-likeness (QED) is 0.0897. The van der Waals surface area contributed by atoms with Crippen molar-refractivity contribution in [3.63, 3.8) is 0 Å². The number of nitrogens with two attached hydrogens (primary N) is 3. The number of carbonyl (C=O) groups is 5. The minimum atomic E-state index is -1.28. The number of nitrogens with one attached hydrogen (secondary N) is 4. The molecule has 0 radical (unpaired) electrons. The molecule has 0 spiro atoms. The van der Waals surface area contributed by atoms with Crippen LogP contribution in [0.5, 0.6) is 5.75 Å². The highest BCUT2D eigenvalue weighted by Crippen LogP contribution is 2.13. The van der Waals surface area contributed by atoms with Gasteiger partial charge in [0.15, 0.2) is 0 Å². The van der Waals surface area contributed by atoms with Gasteiger partial charge in [-0.05, 0) is 49.9 Å². The van der Waals surface area contributed by atoms with E-state index in [1.165, 1.54) is 24.7 Å². The molecule has 4 atom stereocenters. The second-order valence-corrected chi connectivity index (χ2v) is 9.57. The second-order valence-electron chi connectivity index (χ2n) is 9.57. The fourth-order valence-electron chi connectivity index (χ4n) is 3.93. The minimum absolute atomic E-state index is 0.00895. The van der Waals surface area contributed by atoms with Gasteiger partial charge < -0.3 is 48.3 Å². The number of phenolic OH excluding ortho intramolecular Hbond substituents is 1. The van der Waals surface area contributed by atoms with Gasteiger partial charge in [-0.25, -0.2) is 9.78 Å². The first-order valence-electron chi connectivity index (χ1n) is 13.1. The van der Waals surface area contributed by atoms with Crippen LogP contribution in [0.2, 0.25) is 0 Å². The van der Waals surface area contributed by atoms with E-state index in [-0.39, 0.29) is 37.9 Å². The highest BCUT2D eigenvalue weighted by atomic mass is 16.4. The summed E-state index contributed by atoms with van der Waals surface area (Å²) >= 11 is 0. The summed E-state index contributed by atoms with van der Waals surface area (Å²) in [6.45, 7) is 0.365. The van der Waals surface area contributed by atoms with E-state index in [0.29, 0.717) is 30.6 Å². The number of amides is 4. The van der Waals surface area contributed by atoms with Crippen molar-refractivity contribution >= 4 is 29.6 Å². The molecule has 1 aromatic heterocycles. The van der Waals surface area contributed by atoms with Crippen molar-refractivity contribution in [3.8, 4) is 5.75 Å². The molecule has 12 N–H and O–H groups in total. The molecule has 1 aromatic carbocycles. The lowest BCUT2D eigenvalue weighted by atomic mass is 10.0. The van der Waals surface area contributed by atoms with Crippen LogP contribution in [0.3, 0.4) is 0 Å². The SMILES string of the molecule is NCCCCC(NC(=O)C(Cc1ccc(O)cc1)NC(=O)C(CCC(N)=O)NC(=O)C(N)Cc1cnc[nH]1)C(=O)O. The lowest BCUT2D eigenvalue weighted by Gasteiger charge is -2.25. The number of benzene rings is 1. The minimum Gasteiger partial charge on any atom is -0.508 e. The first-order valence-corrected chi connectivity index (χ1v) is 13.1. The Hall–Kier alpha value is -4.50. The first-order chi connectivity index (χ1) is 19.5. The third-order valence-corrected chi connectivity index (χ3v) is 6.21. The van der Waals surface area contributed by atoms with Crippen LogP contribution in [0.25, 0.3) is 0 Å². The van der Waals surface area contributed by atoms with Crippen LogP contribution in [0.4, 0.5) is 0 Å². The number of nitrogens with zero attached hydrogens (tertiary/aromatic N) is 1. The van der Waals surface area contributed by atoms with E-state index in [9.17, 15) is 34.2 Å². The highest BCUT2D eigenvalue weighted by Gasteiger charge is 2.30. The van der Waals surface area contributed by atoms with Gasteiger partial charge in [0.2, 0.25) is 23.6 Å². The molecule has 41 heavy (non-hydrogen) atoms. The molecule has 15 nitrogen and oxygen atoms in total. The van der Waals surface area contributed by atoms with Gasteiger partial charge in [0, 0.05) is 31.2 Å². The lowest BCUT2D eigenvalue weighted by molar-refractivity contribution is -0.142. The molecule has 4 unspecified atom stereocenters. The maximum atomic E-state index is 13.3. The van der Waals surface area contributed by atoms with Crippen LogP contribution in [-0.4, -0.2) is 80.5 Å². The van der Waals surface area contributed by atoms with E-state index in [4.69, 9.17) is 17.2 Å². The summed E-state index contributed by atoms with van der Waals surface area (Å²) in [6.07, 6.45) is 3.70. The van der Waals surface area contributed by atoms with E-state index in [1.807, 2.05) is 0 Å². The number of imidazole rings is 1. The average molecular weight is 575 g/mol. The number of H-pyrrole nitrogens is 1. The number of aromatic amines is 1. The molecular formula is C26H38N8O7. The number of aromatic nitrogens is 2. The normalized spacial score (nSPS) is 13.8. The number of unbranched alkanes of at least 4 members (excludes halogenated alkanes) is 1. The van der Waals surface area contributed by atoms with Crippen LogP contribution in [0.15, 0.2) is 36.8 Å². The standard InChI is InChI=1S/C26H38N8O7/c27-10-2-1-3-20(26(40)41)33-25(39)21(11-15-4-6-17(35)7-5-15)34-24(38)19(8-9-22(29)36)32-23(37)18(28)12-16-13-30-14-31-16/h4-7,13-14,18-21,35H,1-3,8-12,27-28H2,(H2,29,36)(H,30,31)(H,32,37)(H,33,39)(H,34,38)(H,40,41). The van der Waals surface area contributed by atoms with Crippen LogP contribution in [-0.2, 0) is 36.8 Å². The summed E-state index contributed by atoms with van der Waals surface area (Å²) in [5, 5.41) is 26.7. The van der Waals surface area contributed by atoms with Gasteiger partial charge >= 0.3 is 5.97 Å². The van der Waals surface area contributed by atoms with Crippen molar-refractivity contribution in [1.82, 2.24) is 25.9 Å². The Bertz CT molecular complexity index is 1160. The van der Waals surface area contributed by atoms with Crippen molar-refractivity contribution in [2.75, 3.05) is 6.54 Å². The van der Waals surface area contributed by atoms with Gasteiger partial charge in [0.1, 0.15) is 23.9 Å². The van der Waals surface area contributed by atoms with Gasteiger partial charge in [-0.1, -0.05) is 12.1 Å². The second kappa shape index (κ2) is 16.6. The Morgan fingerprint density at radius 1 is 0.878 bits per heavy atom. The number of phenols is 1. The number of aliphatic carboxylic acids is 1. The number of hydrogen-bond acceptors (Lipinski definition) is 9. The molecule has 0 aliphatic carbocycles. The summed E-state index contributed by atoms with van der Waals surface area (Å²) in [7, 11) is 0. The average Bonchev–Trinajstić information content (AvgIpc) is 3.43. The number of rotatable bonds is 18. The van der Waals surface area contributed by atoms with Gasteiger partial charge in [-0.2, -0.15) is 0 Å². The molecule has 0 saturated carbocycles. The summed E-state index contributed by atoms with van der Waals surface area (Å²) < 4.78 is 0. The molecule has 0 bridgehead atoms. The smallest absolute Gasteiger partial charge is 0.326 e. The Morgan fingerprint density at radius 2 is 1.51 bits per heavy atom. The molecule has 15 heteroatoms. The zero-order chi connectivity index (χ0) is 30.4. The Labute approximate surface area is 236 Å². The lowest BCUT2D eigenvalue weighted by Crippen LogP contribution is -2.57. The maximum Gasteiger partial charge on any atom is 0.326 e. The Morgan fingerprint density at radius 3 is 2.10 bits per heavy atom. The van der Waals surface area contributed by atoms with E-state index in [0.717, 1.165) is 0 Å². The van der Waals surface area contributed by atoms with Crippen LogP contribution >= 0.6 is 0 Å². The van der Waals surface area contributed by atoms with Gasteiger partial charge in [-0.3, -0.25) is 19.2 Å². The van der Waals surface area contributed by atoms with Crippen molar-refractivity contribution in [2.45, 2.75) is 69.1 Å². The summed E-state index contributed by atoms with van der Waals surface area (Å²) in [6, 6.07) is 1.05. The van der Waals surface area contributed by atoms with Crippen LogP contribution in [0, 0.1) is 0 Å². The molecule has 0 fully saturated rings. The Balaban J connectivity index is 2.22. The molecular weight excluding hydrogens is 536 g/mol. The molecule has 0 aliphatic rings. The molecule has 2 rings (SSSR count). The topological polar surface area (TPSA) is 269 Å². The highest BCUT2D eigenvalue weighted by molar-refractivity contribution is 5.94.